The lowest BCUT2D eigenvalue weighted by molar-refractivity contribution is -0.142. The number of methoxy groups -OCH3 is 1. The zero-order valence-electron chi connectivity index (χ0n) is 10.2. The second-order valence-corrected chi connectivity index (χ2v) is 4.78. The standard InChI is InChI=1S/C12H14BrNO4/c1-7(12(15)16-2)14-5-8-3-10-11(4-9(8)13)18-6-17-10/h3-4,7,14H,5-6H2,1-2H3/t7-/m0/s1. The molecule has 0 amide bonds. The summed E-state index contributed by atoms with van der Waals surface area (Å²) < 4.78 is 16.1. The minimum atomic E-state index is -0.354. The molecule has 1 atom stereocenters. The van der Waals surface area contributed by atoms with Crippen molar-refractivity contribution in [2.75, 3.05) is 13.9 Å². The first-order valence-corrected chi connectivity index (χ1v) is 6.30. The van der Waals surface area contributed by atoms with Gasteiger partial charge in [-0.1, -0.05) is 15.9 Å². The molecule has 1 aromatic carbocycles. The van der Waals surface area contributed by atoms with Crippen LogP contribution in [-0.2, 0) is 16.1 Å². The number of halogens is 1. The Morgan fingerprint density at radius 3 is 2.83 bits per heavy atom. The van der Waals surface area contributed by atoms with Crippen LogP contribution in [-0.4, -0.2) is 25.9 Å². The summed E-state index contributed by atoms with van der Waals surface area (Å²) in [6.07, 6.45) is 0. The largest absolute Gasteiger partial charge is 0.468 e. The van der Waals surface area contributed by atoms with Gasteiger partial charge in [-0.2, -0.15) is 0 Å². The number of benzene rings is 1. The first-order valence-electron chi connectivity index (χ1n) is 5.51. The van der Waals surface area contributed by atoms with Crippen LogP contribution in [0.2, 0.25) is 0 Å². The first kappa shape index (κ1) is 13.2. The fraction of sp³-hybridized carbons (Fsp3) is 0.417. The fourth-order valence-electron chi connectivity index (χ4n) is 1.62. The summed E-state index contributed by atoms with van der Waals surface area (Å²) in [5.41, 5.74) is 0.995. The molecule has 1 heterocycles. The second-order valence-electron chi connectivity index (χ2n) is 3.92. The molecule has 2 rings (SSSR count). The lowest BCUT2D eigenvalue weighted by Gasteiger charge is -2.12. The van der Waals surface area contributed by atoms with Gasteiger partial charge < -0.3 is 19.5 Å². The van der Waals surface area contributed by atoms with Crippen LogP contribution in [0.3, 0.4) is 0 Å². The molecule has 0 fully saturated rings. The Morgan fingerprint density at radius 1 is 1.50 bits per heavy atom. The van der Waals surface area contributed by atoms with Crippen molar-refractivity contribution in [1.82, 2.24) is 5.32 Å². The molecule has 98 valence electrons. The quantitative estimate of drug-likeness (QED) is 0.859. The van der Waals surface area contributed by atoms with Gasteiger partial charge in [-0.25, -0.2) is 0 Å². The number of nitrogens with one attached hydrogen (secondary N) is 1. The Morgan fingerprint density at radius 2 is 2.17 bits per heavy atom. The van der Waals surface area contributed by atoms with Gasteiger partial charge in [0.05, 0.1) is 7.11 Å². The molecule has 1 aliphatic heterocycles. The summed E-state index contributed by atoms with van der Waals surface area (Å²) in [6, 6.07) is 3.40. The van der Waals surface area contributed by atoms with Crippen LogP contribution in [0.25, 0.3) is 0 Å². The lowest BCUT2D eigenvalue weighted by atomic mass is 10.2. The zero-order chi connectivity index (χ0) is 13.1. The van der Waals surface area contributed by atoms with E-state index in [1.54, 1.807) is 6.92 Å². The third kappa shape index (κ3) is 2.76. The number of ether oxygens (including phenoxy) is 3. The Balaban J connectivity index is 2.04. The molecule has 1 aliphatic rings. The van der Waals surface area contributed by atoms with Crippen molar-refractivity contribution < 1.29 is 19.0 Å². The predicted octanol–water partition coefficient (Wildman–Crippen LogP) is 1.83. The van der Waals surface area contributed by atoms with Gasteiger partial charge in [0, 0.05) is 11.0 Å². The van der Waals surface area contributed by atoms with E-state index < -0.39 is 0 Å². The summed E-state index contributed by atoms with van der Waals surface area (Å²) in [6.45, 7) is 2.54. The highest BCUT2D eigenvalue weighted by Crippen LogP contribution is 2.36. The van der Waals surface area contributed by atoms with Crippen LogP contribution in [0.5, 0.6) is 11.5 Å². The summed E-state index contributed by atoms with van der Waals surface area (Å²) in [7, 11) is 1.37. The van der Waals surface area contributed by atoms with Crippen LogP contribution in [0.1, 0.15) is 12.5 Å². The zero-order valence-corrected chi connectivity index (χ0v) is 11.7. The topological polar surface area (TPSA) is 56.8 Å². The Labute approximate surface area is 114 Å². The van der Waals surface area contributed by atoms with Crippen molar-refractivity contribution in [1.29, 1.82) is 0 Å². The summed E-state index contributed by atoms with van der Waals surface area (Å²) >= 11 is 3.46. The monoisotopic (exact) mass is 315 g/mol. The van der Waals surface area contributed by atoms with E-state index in [9.17, 15) is 4.79 Å². The first-order chi connectivity index (χ1) is 8.61. The van der Waals surface area contributed by atoms with E-state index in [0.29, 0.717) is 6.54 Å². The lowest BCUT2D eigenvalue weighted by Crippen LogP contribution is -2.34. The van der Waals surface area contributed by atoms with E-state index >= 15 is 0 Å². The number of esters is 1. The third-order valence-electron chi connectivity index (χ3n) is 2.70. The molecule has 0 saturated carbocycles. The number of carbonyl (C=O) groups excluding carboxylic acids is 1. The molecule has 5 nitrogen and oxygen atoms in total. The molecular weight excluding hydrogens is 302 g/mol. The molecule has 0 spiro atoms. The van der Waals surface area contributed by atoms with Crippen molar-refractivity contribution in [2.45, 2.75) is 19.5 Å². The smallest absolute Gasteiger partial charge is 0.322 e. The van der Waals surface area contributed by atoms with E-state index in [1.807, 2.05) is 12.1 Å². The summed E-state index contributed by atoms with van der Waals surface area (Å²) in [5, 5.41) is 3.08. The van der Waals surface area contributed by atoms with Crippen LogP contribution in [0.15, 0.2) is 16.6 Å². The number of rotatable bonds is 4. The van der Waals surface area contributed by atoms with Crippen molar-refractivity contribution >= 4 is 21.9 Å². The van der Waals surface area contributed by atoms with Gasteiger partial charge in [0.15, 0.2) is 11.5 Å². The minimum Gasteiger partial charge on any atom is -0.468 e. The molecule has 0 unspecified atom stereocenters. The maximum Gasteiger partial charge on any atom is 0.322 e. The van der Waals surface area contributed by atoms with Gasteiger partial charge in [-0.15, -0.1) is 0 Å². The molecule has 6 heteroatoms. The van der Waals surface area contributed by atoms with Gasteiger partial charge in [0.25, 0.3) is 0 Å². The number of fused-ring (bicyclic) bond motifs is 1. The van der Waals surface area contributed by atoms with Gasteiger partial charge in [-0.05, 0) is 24.6 Å². The van der Waals surface area contributed by atoms with Crippen molar-refractivity contribution in [2.24, 2.45) is 0 Å². The number of carbonyl (C=O) groups is 1. The van der Waals surface area contributed by atoms with Gasteiger partial charge in [-0.3, -0.25) is 4.79 Å². The normalized spacial score (nSPS) is 14.4. The van der Waals surface area contributed by atoms with E-state index in [4.69, 9.17) is 9.47 Å². The molecule has 0 radical (unpaired) electrons. The Kier molecular flexibility index (Phi) is 4.08. The highest BCUT2D eigenvalue weighted by atomic mass is 79.9. The summed E-state index contributed by atoms with van der Waals surface area (Å²) in [5.74, 6) is 1.17. The van der Waals surface area contributed by atoms with Gasteiger partial charge >= 0.3 is 5.97 Å². The van der Waals surface area contributed by atoms with Gasteiger partial charge in [0.1, 0.15) is 6.04 Å². The maximum absolute atomic E-state index is 11.3. The highest BCUT2D eigenvalue weighted by molar-refractivity contribution is 9.10. The SMILES string of the molecule is COC(=O)[C@H](C)NCc1cc2c(cc1Br)OCO2. The average molecular weight is 316 g/mol. The average Bonchev–Trinajstić information content (AvgIpc) is 2.81. The Bertz CT molecular complexity index is 464. The van der Waals surface area contributed by atoms with E-state index in [1.165, 1.54) is 7.11 Å². The molecule has 0 saturated heterocycles. The van der Waals surface area contributed by atoms with E-state index in [2.05, 4.69) is 26.0 Å². The van der Waals surface area contributed by atoms with Crippen LogP contribution < -0.4 is 14.8 Å². The second kappa shape index (κ2) is 5.58. The molecule has 0 aliphatic carbocycles. The molecule has 0 aromatic heterocycles. The maximum atomic E-state index is 11.3. The molecule has 18 heavy (non-hydrogen) atoms. The molecule has 1 aromatic rings. The van der Waals surface area contributed by atoms with E-state index in [-0.39, 0.29) is 18.8 Å². The fourth-order valence-corrected chi connectivity index (χ4v) is 2.08. The molecule has 1 N–H and O–H groups in total. The van der Waals surface area contributed by atoms with Crippen molar-refractivity contribution in [3.8, 4) is 11.5 Å². The summed E-state index contributed by atoms with van der Waals surface area (Å²) in [4.78, 5) is 11.3. The third-order valence-corrected chi connectivity index (χ3v) is 3.43. The number of hydrogen-bond acceptors (Lipinski definition) is 5. The van der Waals surface area contributed by atoms with Gasteiger partial charge in [0.2, 0.25) is 6.79 Å². The van der Waals surface area contributed by atoms with Crippen LogP contribution in [0, 0.1) is 0 Å². The van der Waals surface area contributed by atoms with Crippen molar-refractivity contribution in [3.05, 3.63) is 22.2 Å². The molecular formula is C12H14BrNO4. The van der Waals surface area contributed by atoms with Crippen molar-refractivity contribution in [3.63, 3.8) is 0 Å². The highest BCUT2D eigenvalue weighted by Gasteiger charge is 2.17. The molecule has 0 bridgehead atoms. The Hall–Kier alpha value is -1.27. The van der Waals surface area contributed by atoms with E-state index in [0.717, 1.165) is 21.5 Å². The predicted molar refractivity (Wildman–Crippen MR) is 68.6 cm³/mol. The minimum absolute atomic E-state index is 0.247. The van der Waals surface area contributed by atoms with Crippen LogP contribution >= 0.6 is 15.9 Å². The van der Waals surface area contributed by atoms with Crippen LogP contribution in [0.4, 0.5) is 0 Å². The number of hydrogen-bond donors (Lipinski definition) is 1.